The fraction of sp³-hybridized carbons (Fsp3) is 0.154. The van der Waals surface area contributed by atoms with Gasteiger partial charge in [0.15, 0.2) is 0 Å². The normalized spacial score (nSPS) is 14.2. The maximum absolute atomic E-state index is 13.7. The Morgan fingerprint density at radius 3 is 2.83 bits per heavy atom. The first-order chi connectivity index (χ1) is 8.84. The van der Waals surface area contributed by atoms with Crippen LogP contribution in [0.5, 0.6) is 0 Å². The molecule has 0 bridgehead atoms. The molecule has 2 aromatic rings. The fourth-order valence-electron chi connectivity index (χ4n) is 1.84. The Labute approximate surface area is 104 Å². The van der Waals surface area contributed by atoms with Crippen molar-refractivity contribution in [3.63, 3.8) is 0 Å². The molecule has 5 heteroatoms. The molecule has 0 unspecified atom stereocenters. The molecule has 0 aliphatic carbocycles. The average Bonchev–Trinajstić information content (AvgIpc) is 2.93. The number of aromatic nitrogens is 2. The minimum absolute atomic E-state index is 0.285. The molecule has 90 valence electrons. The van der Waals surface area contributed by atoms with E-state index in [0.717, 1.165) is 13.0 Å². The number of anilines is 1. The Morgan fingerprint density at radius 2 is 2.06 bits per heavy atom. The summed E-state index contributed by atoms with van der Waals surface area (Å²) >= 11 is 0. The second-order valence-electron chi connectivity index (χ2n) is 3.93. The molecule has 0 radical (unpaired) electrons. The van der Waals surface area contributed by atoms with Crippen molar-refractivity contribution < 1.29 is 4.39 Å². The number of benzene rings is 1. The van der Waals surface area contributed by atoms with Crippen molar-refractivity contribution in [2.45, 2.75) is 6.42 Å². The Kier molecular flexibility index (Phi) is 2.72. The first-order valence-corrected chi connectivity index (χ1v) is 5.72. The summed E-state index contributed by atoms with van der Waals surface area (Å²) in [5.74, 6) is 0.219. The van der Waals surface area contributed by atoms with E-state index in [2.05, 4.69) is 15.1 Å². The van der Waals surface area contributed by atoms with Gasteiger partial charge in [-0.15, -0.1) is 0 Å². The molecule has 0 saturated heterocycles. The summed E-state index contributed by atoms with van der Waals surface area (Å²) in [7, 11) is 0. The van der Waals surface area contributed by atoms with Gasteiger partial charge in [-0.2, -0.15) is 5.10 Å². The van der Waals surface area contributed by atoms with Gasteiger partial charge < -0.3 is 0 Å². The van der Waals surface area contributed by atoms with E-state index in [9.17, 15) is 4.39 Å². The number of nitrogens with zero attached hydrogens (tertiary/aromatic N) is 4. The average molecular weight is 242 g/mol. The number of hydrazone groups is 1. The minimum atomic E-state index is -0.285. The number of halogens is 1. The van der Waals surface area contributed by atoms with Crippen LogP contribution in [0, 0.1) is 5.82 Å². The third kappa shape index (κ3) is 1.95. The van der Waals surface area contributed by atoms with Crippen molar-refractivity contribution >= 4 is 12.2 Å². The molecule has 18 heavy (non-hydrogen) atoms. The van der Waals surface area contributed by atoms with Gasteiger partial charge in [0.25, 0.3) is 0 Å². The van der Waals surface area contributed by atoms with Crippen LogP contribution in [-0.2, 0) is 0 Å². The van der Waals surface area contributed by atoms with Gasteiger partial charge in [0, 0.05) is 30.9 Å². The summed E-state index contributed by atoms with van der Waals surface area (Å²) in [5.41, 5.74) is 1.05. The molecule has 1 aromatic carbocycles. The molecule has 2 heterocycles. The SMILES string of the molecule is Fc1ccccc1-c1ccnc(N2CCC=N2)n1. The fourth-order valence-corrected chi connectivity index (χ4v) is 1.84. The van der Waals surface area contributed by atoms with E-state index < -0.39 is 0 Å². The van der Waals surface area contributed by atoms with Crippen LogP contribution in [0.4, 0.5) is 10.3 Å². The lowest BCUT2D eigenvalue weighted by Crippen LogP contribution is -2.15. The first kappa shape index (κ1) is 10.8. The molecule has 1 aromatic heterocycles. The van der Waals surface area contributed by atoms with Crippen molar-refractivity contribution in [2.75, 3.05) is 11.6 Å². The van der Waals surface area contributed by atoms with E-state index in [1.165, 1.54) is 6.07 Å². The van der Waals surface area contributed by atoms with Gasteiger partial charge in [-0.05, 0) is 18.2 Å². The zero-order chi connectivity index (χ0) is 12.4. The zero-order valence-corrected chi connectivity index (χ0v) is 9.62. The predicted molar refractivity (Wildman–Crippen MR) is 67.9 cm³/mol. The van der Waals surface area contributed by atoms with Crippen molar-refractivity contribution in [3.05, 3.63) is 42.3 Å². The Morgan fingerprint density at radius 1 is 1.17 bits per heavy atom. The molecule has 0 fully saturated rings. The standard InChI is InChI=1S/C13H11FN4/c14-11-5-2-1-4-10(11)12-6-8-15-13(17-12)18-9-3-7-16-18/h1-2,4-8H,3,9H2. The van der Waals surface area contributed by atoms with Gasteiger partial charge in [0.05, 0.1) is 5.69 Å². The lowest BCUT2D eigenvalue weighted by Gasteiger charge is -2.12. The van der Waals surface area contributed by atoms with Crippen molar-refractivity contribution in [1.82, 2.24) is 9.97 Å². The summed E-state index contributed by atoms with van der Waals surface area (Å²) in [6.45, 7) is 0.765. The van der Waals surface area contributed by atoms with Gasteiger partial charge >= 0.3 is 0 Å². The highest BCUT2D eigenvalue weighted by atomic mass is 19.1. The second kappa shape index (κ2) is 4.52. The lowest BCUT2D eigenvalue weighted by atomic mass is 10.1. The molecule has 1 aliphatic rings. The van der Waals surface area contributed by atoms with E-state index in [1.54, 1.807) is 35.5 Å². The van der Waals surface area contributed by atoms with Gasteiger partial charge in [0.1, 0.15) is 5.82 Å². The summed E-state index contributed by atoms with van der Waals surface area (Å²) < 4.78 is 13.7. The molecule has 0 amide bonds. The van der Waals surface area contributed by atoms with Gasteiger partial charge in [-0.25, -0.2) is 19.4 Å². The molecule has 1 aliphatic heterocycles. The monoisotopic (exact) mass is 242 g/mol. The highest BCUT2D eigenvalue weighted by Crippen LogP contribution is 2.22. The molecule has 0 atom stereocenters. The molecule has 0 saturated carbocycles. The molecular formula is C13H11FN4. The maximum atomic E-state index is 13.7. The van der Waals surface area contributed by atoms with Crippen LogP contribution in [0.3, 0.4) is 0 Å². The summed E-state index contributed by atoms with van der Waals surface area (Å²) in [6, 6.07) is 8.27. The predicted octanol–water partition coefficient (Wildman–Crippen LogP) is 2.48. The third-order valence-corrected chi connectivity index (χ3v) is 2.71. The van der Waals surface area contributed by atoms with E-state index in [0.29, 0.717) is 17.2 Å². The Balaban J connectivity index is 2.01. The van der Waals surface area contributed by atoms with Crippen LogP contribution in [0.2, 0.25) is 0 Å². The number of hydrogen-bond acceptors (Lipinski definition) is 4. The highest BCUT2D eigenvalue weighted by molar-refractivity contribution is 5.65. The van der Waals surface area contributed by atoms with Crippen molar-refractivity contribution in [3.8, 4) is 11.3 Å². The summed E-state index contributed by atoms with van der Waals surface area (Å²) in [5, 5.41) is 5.87. The van der Waals surface area contributed by atoms with E-state index in [-0.39, 0.29) is 5.82 Å². The molecular weight excluding hydrogens is 231 g/mol. The quantitative estimate of drug-likeness (QED) is 0.812. The smallest absolute Gasteiger partial charge is 0.232 e. The van der Waals surface area contributed by atoms with Gasteiger partial charge in [-0.3, -0.25) is 0 Å². The third-order valence-electron chi connectivity index (χ3n) is 2.71. The van der Waals surface area contributed by atoms with Crippen LogP contribution in [-0.4, -0.2) is 22.7 Å². The highest BCUT2D eigenvalue weighted by Gasteiger charge is 2.13. The Hall–Kier alpha value is -2.30. The maximum Gasteiger partial charge on any atom is 0.246 e. The van der Waals surface area contributed by atoms with Crippen LogP contribution in [0.15, 0.2) is 41.6 Å². The van der Waals surface area contributed by atoms with Crippen LogP contribution < -0.4 is 5.01 Å². The molecule has 3 rings (SSSR count). The minimum Gasteiger partial charge on any atom is -0.232 e. The molecule has 0 spiro atoms. The van der Waals surface area contributed by atoms with E-state index >= 15 is 0 Å². The largest absolute Gasteiger partial charge is 0.246 e. The first-order valence-electron chi connectivity index (χ1n) is 5.72. The van der Waals surface area contributed by atoms with Crippen LogP contribution in [0.25, 0.3) is 11.3 Å². The van der Waals surface area contributed by atoms with Crippen molar-refractivity contribution in [2.24, 2.45) is 5.10 Å². The Bertz CT molecular complexity index is 597. The summed E-state index contributed by atoms with van der Waals surface area (Å²) in [6.07, 6.45) is 4.32. The number of hydrogen-bond donors (Lipinski definition) is 0. The lowest BCUT2D eigenvalue weighted by molar-refractivity contribution is 0.630. The van der Waals surface area contributed by atoms with Gasteiger partial charge in [-0.1, -0.05) is 12.1 Å². The van der Waals surface area contributed by atoms with E-state index in [1.807, 2.05) is 6.21 Å². The zero-order valence-electron chi connectivity index (χ0n) is 9.62. The van der Waals surface area contributed by atoms with Gasteiger partial charge in [0.2, 0.25) is 5.95 Å². The van der Waals surface area contributed by atoms with E-state index in [4.69, 9.17) is 0 Å². The van der Waals surface area contributed by atoms with Crippen LogP contribution >= 0.6 is 0 Å². The number of rotatable bonds is 2. The summed E-state index contributed by atoms with van der Waals surface area (Å²) in [4.78, 5) is 8.50. The second-order valence-corrected chi connectivity index (χ2v) is 3.93. The topological polar surface area (TPSA) is 41.4 Å². The van der Waals surface area contributed by atoms with Crippen molar-refractivity contribution in [1.29, 1.82) is 0 Å². The molecule has 0 N–H and O–H groups in total. The van der Waals surface area contributed by atoms with Crippen LogP contribution in [0.1, 0.15) is 6.42 Å². The molecule has 4 nitrogen and oxygen atoms in total.